The fraction of sp³-hybridized carbons (Fsp3) is 0.400. The quantitative estimate of drug-likeness (QED) is 0.459. The SMILES string of the molecule is [NH3+]CCCC[C@@H](NC(=O)CNC(=O)c1ccccc1)C(=O)[O-]. The second kappa shape index (κ2) is 9.51. The number of nitrogens with one attached hydrogen (secondary N) is 2. The van der Waals surface area contributed by atoms with Crippen molar-refractivity contribution in [1.82, 2.24) is 10.6 Å². The van der Waals surface area contributed by atoms with Crippen LogP contribution in [0, 0.1) is 0 Å². The van der Waals surface area contributed by atoms with Crippen molar-refractivity contribution < 1.29 is 25.2 Å². The molecule has 22 heavy (non-hydrogen) atoms. The fourth-order valence-electron chi connectivity index (χ4n) is 1.87. The summed E-state index contributed by atoms with van der Waals surface area (Å²) in [5.74, 6) is -2.28. The van der Waals surface area contributed by atoms with E-state index >= 15 is 0 Å². The zero-order valence-corrected chi connectivity index (χ0v) is 12.3. The second-order valence-electron chi connectivity index (χ2n) is 4.84. The lowest BCUT2D eigenvalue weighted by Crippen LogP contribution is -2.51. The van der Waals surface area contributed by atoms with Gasteiger partial charge in [0.25, 0.3) is 5.91 Å². The first-order valence-electron chi connectivity index (χ1n) is 7.17. The summed E-state index contributed by atoms with van der Waals surface area (Å²) in [7, 11) is 0. The van der Waals surface area contributed by atoms with E-state index in [0.717, 1.165) is 6.42 Å². The molecule has 0 saturated carbocycles. The lowest BCUT2D eigenvalue weighted by atomic mass is 10.1. The highest BCUT2D eigenvalue weighted by Gasteiger charge is 2.14. The van der Waals surface area contributed by atoms with Gasteiger partial charge in [-0.2, -0.15) is 0 Å². The Balaban J connectivity index is 2.40. The maximum atomic E-state index is 11.8. The van der Waals surface area contributed by atoms with Crippen molar-refractivity contribution in [3.8, 4) is 0 Å². The molecule has 0 spiro atoms. The number of carbonyl (C=O) groups is 3. The van der Waals surface area contributed by atoms with Crippen LogP contribution in [0.25, 0.3) is 0 Å². The summed E-state index contributed by atoms with van der Waals surface area (Å²) in [4.78, 5) is 34.4. The van der Waals surface area contributed by atoms with E-state index in [9.17, 15) is 19.5 Å². The minimum atomic E-state index is -1.33. The molecule has 2 amide bonds. The molecular weight excluding hydrogens is 286 g/mol. The number of benzene rings is 1. The molecular formula is C15H21N3O4. The van der Waals surface area contributed by atoms with Gasteiger partial charge in [-0.3, -0.25) is 9.59 Å². The predicted octanol–water partition coefficient (Wildman–Crippen LogP) is -1.94. The summed E-state index contributed by atoms with van der Waals surface area (Å²) < 4.78 is 0. The van der Waals surface area contributed by atoms with Crippen molar-refractivity contribution in [1.29, 1.82) is 0 Å². The normalized spacial score (nSPS) is 11.5. The molecule has 7 nitrogen and oxygen atoms in total. The van der Waals surface area contributed by atoms with Gasteiger partial charge in [0.15, 0.2) is 0 Å². The first-order chi connectivity index (χ1) is 10.5. The first kappa shape index (κ1) is 17.6. The van der Waals surface area contributed by atoms with Crippen LogP contribution in [0.3, 0.4) is 0 Å². The summed E-state index contributed by atoms with van der Waals surface area (Å²) in [5.41, 5.74) is 4.10. The number of amides is 2. The summed E-state index contributed by atoms with van der Waals surface area (Å²) in [6, 6.07) is 7.40. The van der Waals surface area contributed by atoms with Crippen LogP contribution in [0.2, 0.25) is 0 Å². The van der Waals surface area contributed by atoms with Crippen LogP contribution in [0.4, 0.5) is 0 Å². The zero-order valence-electron chi connectivity index (χ0n) is 12.3. The third-order valence-electron chi connectivity index (χ3n) is 3.06. The van der Waals surface area contributed by atoms with Crippen LogP contribution in [0.1, 0.15) is 29.6 Å². The number of hydrogen-bond donors (Lipinski definition) is 3. The number of carboxylic acid groups (broad SMARTS) is 1. The molecule has 0 aliphatic rings. The van der Waals surface area contributed by atoms with Gasteiger partial charge in [0.1, 0.15) is 0 Å². The van der Waals surface area contributed by atoms with Gasteiger partial charge in [-0.05, 0) is 31.4 Å². The van der Waals surface area contributed by atoms with E-state index in [-0.39, 0.29) is 13.0 Å². The van der Waals surface area contributed by atoms with Gasteiger partial charge in [-0.1, -0.05) is 18.2 Å². The molecule has 0 radical (unpaired) electrons. The molecule has 5 N–H and O–H groups in total. The molecule has 0 fully saturated rings. The van der Waals surface area contributed by atoms with E-state index in [1.54, 1.807) is 30.3 Å². The van der Waals surface area contributed by atoms with E-state index in [2.05, 4.69) is 16.4 Å². The van der Waals surface area contributed by atoms with Gasteiger partial charge in [0.05, 0.1) is 25.1 Å². The fourth-order valence-corrected chi connectivity index (χ4v) is 1.87. The average molecular weight is 307 g/mol. The summed E-state index contributed by atoms with van der Waals surface area (Å²) in [6.45, 7) is 0.424. The number of quaternary nitrogens is 1. The van der Waals surface area contributed by atoms with Crippen LogP contribution >= 0.6 is 0 Å². The Labute approximate surface area is 128 Å². The van der Waals surface area contributed by atoms with Crippen LogP contribution in [-0.2, 0) is 9.59 Å². The van der Waals surface area contributed by atoms with Crippen molar-refractivity contribution in [2.24, 2.45) is 0 Å². The van der Waals surface area contributed by atoms with Crippen molar-refractivity contribution in [3.05, 3.63) is 35.9 Å². The highest BCUT2D eigenvalue weighted by molar-refractivity contribution is 5.96. The summed E-state index contributed by atoms with van der Waals surface area (Å²) in [6.07, 6.45) is 1.71. The van der Waals surface area contributed by atoms with Crippen LogP contribution in [0.5, 0.6) is 0 Å². The topological polar surface area (TPSA) is 126 Å². The first-order valence-corrected chi connectivity index (χ1v) is 7.17. The van der Waals surface area contributed by atoms with Gasteiger partial charge in [-0.15, -0.1) is 0 Å². The van der Waals surface area contributed by atoms with Gasteiger partial charge >= 0.3 is 0 Å². The molecule has 0 heterocycles. The maximum absolute atomic E-state index is 11.8. The highest BCUT2D eigenvalue weighted by Crippen LogP contribution is 2.00. The maximum Gasteiger partial charge on any atom is 0.251 e. The standard InChI is InChI=1S/C15H21N3O4/c16-9-5-4-8-12(15(21)22)18-13(19)10-17-14(20)11-6-2-1-3-7-11/h1-3,6-7,12H,4-5,8-10,16H2,(H,17,20)(H,18,19)(H,21,22)/t12-/m1/s1. The van der Waals surface area contributed by atoms with Gasteiger partial charge in [0.2, 0.25) is 5.91 Å². The lowest BCUT2D eigenvalue weighted by Gasteiger charge is -2.19. The van der Waals surface area contributed by atoms with Crippen LogP contribution < -0.4 is 21.5 Å². The third-order valence-corrected chi connectivity index (χ3v) is 3.06. The number of carboxylic acids is 1. The molecule has 0 unspecified atom stereocenters. The molecule has 0 bridgehead atoms. The zero-order chi connectivity index (χ0) is 16.4. The number of carbonyl (C=O) groups excluding carboxylic acids is 3. The Hall–Kier alpha value is -2.41. The van der Waals surface area contributed by atoms with E-state index in [0.29, 0.717) is 18.5 Å². The van der Waals surface area contributed by atoms with Crippen molar-refractivity contribution >= 4 is 17.8 Å². The summed E-state index contributed by atoms with van der Waals surface area (Å²) >= 11 is 0. The largest absolute Gasteiger partial charge is 0.548 e. The molecule has 0 saturated heterocycles. The Morgan fingerprint density at radius 1 is 1.14 bits per heavy atom. The van der Waals surface area contributed by atoms with Crippen molar-refractivity contribution in [3.63, 3.8) is 0 Å². The molecule has 1 rings (SSSR count). The van der Waals surface area contributed by atoms with E-state index in [1.165, 1.54) is 0 Å². The van der Waals surface area contributed by atoms with E-state index in [1.807, 2.05) is 0 Å². The molecule has 7 heteroatoms. The van der Waals surface area contributed by atoms with Crippen LogP contribution in [-0.4, -0.2) is 36.9 Å². The van der Waals surface area contributed by atoms with Gasteiger partial charge in [0, 0.05) is 5.56 Å². The Morgan fingerprint density at radius 2 is 1.82 bits per heavy atom. The highest BCUT2D eigenvalue weighted by atomic mass is 16.4. The Kier molecular flexibility index (Phi) is 7.63. The second-order valence-corrected chi connectivity index (χ2v) is 4.84. The molecule has 1 atom stereocenters. The summed E-state index contributed by atoms with van der Waals surface area (Å²) in [5, 5.41) is 15.7. The number of rotatable bonds is 9. The third kappa shape index (κ3) is 6.36. The molecule has 0 aliphatic carbocycles. The van der Waals surface area contributed by atoms with E-state index < -0.39 is 23.8 Å². The molecule has 1 aromatic rings. The minimum absolute atomic E-state index is 0.285. The van der Waals surface area contributed by atoms with Crippen molar-refractivity contribution in [2.45, 2.75) is 25.3 Å². The number of unbranched alkanes of at least 4 members (excludes halogenated alkanes) is 1. The molecule has 1 aromatic carbocycles. The van der Waals surface area contributed by atoms with Crippen molar-refractivity contribution in [2.75, 3.05) is 13.1 Å². The predicted molar refractivity (Wildman–Crippen MR) is 77.3 cm³/mol. The lowest BCUT2D eigenvalue weighted by molar-refractivity contribution is -0.368. The Morgan fingerprint density at radius 3 is 2.41 bits per heavy atom. The molecule has 0 aliphatic heterocycles. The van der Waals surface area contributed by atoms with Crippen LogP contribution in [0.15, 0.2) is 30.3 Å². The number of hydrogen-bond acceptors (Lipinski definition) is 4. The van der Waals surface area contributed by atoms with E-state index in [4.69, 9.17) is 0 Å². The smallest absolute Gasteiger partial charge is 0.251 e. The van der Waals surface area contributed by atoms with Gasteiger partial charge in [-0.25, -0.2) is 0 Å². The minimum Gasteiger partial charge on any atom is -0.548 e. The monoisotopic (exact) mass is 307 g/mol. The molecule has 0 aromatic heterocycles. The number of aliphatic carboxylic acids is 1. The Bertz CT molecular complexity index is 505. The average Bonchev–Trinajstić information content (AvgIpc) is 2.52. The van der Waals surface area contributed by atoms with Gasteiger partial charge < -0.3 is 26.3 Å². The molecule has 120 valence electrons.